The molecule has 1 saturated heterocycles. The molecule has 2 aliphatic rings. The number of ether oxygens (including phenoxy) is 1. The highest BCUT2D eigenvalue weighted by Crippen LogP contribution is 2.39. The summed E-state index contributed by atoms with van der Waals surface area (Å²) in [5, 5.41) is 8.89. The number of sulfone groups is 1. The lowest BCUT2D eigenvalue weighted by Gasteiger charge is -2.47. The molecule has 1 aliphatic carbocycles. The Morgan fingerprint density at radius 3 is 2.19 bits per heavy atom. The molecule has 0 radical (unpaired) electrons. The van der Waals surface area contributed by atoms with Crippen LogP contribution >= 0.6 is 0 Å². The smallest absolute Gasteiger partial charge is 0.308 e. The predicted molar refractivity (Wildman–Crippen MR) is 205 cm³/mol. The zero-order valence-electron chi connectivity index (χ0n) is 32.6. The molecule has 4 rings (SSSR count). The lowest BCUT2D eigenvalue weighted by Crippen LogP contribution is -2.65. The van der Waals surface area contributed by atoms with Gasteiger partial charge in [0.05, 0.1) is 28.3 Å². The van der Waals surface area contributed by atoms with Crippen molar-refractivity contribution in [1.82, 2.24) is 25.8 Å². The third-order valence-electron chi connectivity index (χ3n) is 10.6. The molecule has 0 spiro atoms. The first-order valence-electron chi connectivity index (χ1n) is 18.8. The third kappa shape index (κ3) is 11.3. The number of benzene rings is 1. The lowest BCUT2D eigenvalue weighted by atomic mass is 9.72. The summed E-state index contributed by atoms with van der Waals surface area (Å²) in [6, 6.07) is 9.60. The molecule has 1 saturated carbocycles. The summed E-state index contributed by atoms with van der Waals surface area (Å²) < 4.78 is 30.9. The van der Waals surface area contributed by atoms with E-state index in [2.05, 4.69) is 25.8 Å². The number of aromatic nitrogens is 1. The van der Waals surface area contributed by atoms with E-state index < -0.39 is 68.1 Å². The molecule has 3 unspecified atom stereocenters. The second-order valence-electron chi connectivity index (χ2n) is 16.7. The number of nitrogens with zero attached hydrogens (tertiary/aromatic N) is 2. The number of carbonyl (C=O) groups excluding carboxylic acids is 4. The van der Waals surface area contributed by atoms with Crippen LogP contribution in [0.2, 0.25) is 0 Å². The van der Waals surface area contributed by atoms with Gasteiger partial charge in [0.1, 0.15) is 12.1 Å². The number of hydrogen-bond acceptors (Lipinski definition) is 9. The van der Waals surface area contributed by atoms with E-state index in [9.17, 15) is 27.6 Å². The van der Waals surface area contributed by atoms with Gasteiger partial charge in [0.2, 0.25) is 11.8 Å². The number of hydrogen-bond donors (Lipinski definition) is 3. The van der Waals surface area contributed by atoms with Crippen molar-refractivity contribution in [1.29, 1.82) is 0 Å². The van der Waals surface area contributed by atoms with Crippen LogP contribution in [0.25, 0.3) is 0 Å². The van der Waals surface area contributed by atoms with Crippen molar-refractivity contribution in [3.63, 3.8) is 0 Å². The molecule has 1 aromatic carbocycles. The zero-order valence-corrected chi connectivity index (χ0v) is 33.4. The van der Waals surface area contributed by atoms with Crippen LogP contribution in [0.5, 0.6) is 0 Å². The highest BCUT2D eigenvalue weighted by atomic mass is 32.2. The predicted octanol–water partition coefficient (Wildman–Crippen LogP) is 4.09. The summed E-state index contributed by atoms with van der Waals surface area (Å²) in [4.78, 5) is 61.5. The van der Waals surface area contributed by atoms with Crippen molar-refractivity contribution in [3.05, 3.63) is 66.0 Å². The molecular weight excluding hydrogens is 695 g/mol. The van der Waals surface area contributed by atoms with E-state index in [-0.39, 0.29) is 24.4 Å². The number of nitrogens with one attached hydrogen (secondary N) is 3. The molecule has 2 fully saturated rings. The SMILES string of the molecule is CC(C)C(=O)O[C@@H](Cc1ccccc1)[C@@H](CN1CC2CCCCC2CC1C(=O)NC(C)(C)C)NC(=O)[C@@H](NC(=O)c1cccnc1)C(C)(C)S(C)(=O)=O. The minimum Gasteiger partial charge on any atom is -0.460 e. The highest BCUT2D eigenvalue weighted by molar-refractivity contribution is 7.92. The fraction of sp³-hybridized carbons (Fsp3) is 0.625. The van der Waals surface area contributed by atoms with Gasteiger partial charge < -0.3 is 20.7 Å². The summed E-state index contributed by atoms with van der Waals surface area (Å²) in [7, 11) is -3.93. The van der Waals surface area contributed by atoms with E-state index in [0.717, 1.165) is 37.5 Å². The second kappa shape index (κ2) is 17.5. The number of piperidine rings is 1. The molecule has 6 atom stereocenters. The topological polar surface area (TPSA) is 164 Å². The third-order valence-corrected chi connectivity index (χ3v) is 12.8. The average molecular weight is 754 g/mol. The van der Waals surface area contributed by atoms with Crippen LogP contribution < -0.4 is 16.0 Å². The molecule has 12 nitrogen and oxygen atoms in total. The van der Waals surface area contributed by atoms with Crippen molar-refractivity contribution >= 4 is 33.5 Å². The first kappa shape index (κ1) is 41.9. The van der Waals surface area contributed by atoms with Crippen LogP contribution in [-0.4, -0.2) is 95.9 Å². The number of amides is 3. The van der Waals surface area contributed by atoms with E-state index in [1.165, 1.54) is 32.3 Å². The van der Waals surface area contributed by atoms with Gasteiger partial charge in [-0.2, -0.15) is 0 Å². The van der Waals surface area contributed by atoms with Gasteiger partial charge in [0, 0.05) is 43.7 Å². The average Bonchev–Trinajstić information content (AvgIpc) is 3.09. The Balaban J connectivity index is 1.79. The Labute approximate surface area is 315 Å². The fourth-order valence-corrected chi connectivity index (χ4v) is 7.87. The van der Waals surface area contributed by atoms with Gasteiger partial charge in [0.25, 0.3) is 5.91 Å². The number of rotatable bonds is 14. The van der Waals surface area contributed by atoms with Gasteiger partial charge >= 0.3 is 5.97 Å². The van der Waals surface area contributed by atoms with Crippen molar-refractivity contribution in [2.45, 2.75) is 122 Å². The van der Waals surface area contributed by atoms with Gasteiger partial charge in [-0.25, -0.2) is 8.42 Å². The number of likely N-dealkylation sites (tertiary alicyclic amines) is 1. The molecule has 2 heterocycles. The minimum absolute atomic E-state index is 0.106. The number of pyridine rings is 1. The standard InChI is InChI=1S/C40H59N5O7S/c1-26(2)38(49)52-33(21-27-15-10-9-11-16-27)31(25-45-24-30-18-13-12-17-28(30)22-32(45)36(47)44-39(3,4)5)42-37(48)34(40(6,7)53(8,50)51)43-35(46)29-19-14-20-41-23-29/h9-11,14-16,19-20,23,26,28,30-34H,12-13,17-18,21-22,24-25H2,1-8H3,(H,42,48)(H,43,46)(H,44,47)/t28?,30?,31-,32?,33+,34-/m1/s1. The summed E-state index contributed by atoms with van der Waals surface area (Å²) in [6.07, 6.45) is 8.18. The molecule has 292 valence electrons. The Morgan fingerprint density at radius 1 is 0.943 bits per heavy atom. The molecule has 3 N–H and O–H groups in total. The number of carbonyl (C=O) groups is 4. The molecule has 13 heteroatoms. The maximum Gasteiger partial charge on any atom is 0.308 e. The molecule has 1 aromatic heterocycles. The monoisotopic (exact) mass is 753 g/mol. The van der Waals surface area contributed by atoms with Gasteiger partial charge in [-0.3, -0.25) is 29.1 Å². The summed E-state index contributed by atoms with van der Waals surface area (Å²) >= 11 is 0. The van der Waals surface area contributed by atoms with E-state index in [0.29, 0.717) is 24.8 Å². The largest absolute Gasteiger partial charge is 0.460 e. The van der Waals surface area contributed by atoms with E-state index in [1.54, 1.807) is 19.9 Å². The number of esters is 1. The highest BCUT2D eigenvalue weighted by Gasteiger charge is 2.47. The quantitative estimate of drug-likeness (QED) is 0.241. The Kier molecular flexibility index (Phi) is 13.9. The van der Waals surface area contributed by atoms with Crippen molar-refractivity contribution in [3.8, 4) is 0 Å². The van der Waals surface area contributed by atoms with Gasteiger partial charge in [-0.05, 0) is 77.0 Å². The van der Waals surface area contributed by atoms with E-state index in [4.69, 9.17) is 4.74 Å². The summed E-state index contributed by atoms with van der Waals surface area (Å²) in [5.74, 6) is -1.71. The fourth-order valence-electron chi connectivity index (χ4n) is 7.28. The van der Waals surface area contributed by atoms with Crippen LogP contribution in [0, 0.1) is 17.8 Å². The van der Waals surface area contributed by atoms with E-state index >= 15 is 0 Å². The van der Waals surface area contributed by atoms with E-state index in [1.807, 2.05) is 51.1 Å². The van der Waals surface area contributed by atoms with Gasteiger partial charge in [-0.1, -0.05) is 63.4 Å². The lowest BCUT2D eigenvalue weighted by molar-refractivity contribution is -0.156. The molecule has 3 amide bonds. The van der Waals surface area contributed by atoms with Gasteiger partial charge in [-0.15, -0.1) is 0 Å². The Bertz CT molecular complexity index is 1680. The van der Waals surface area contributed by atoms with Crippen molar-refractivity contribution in [2.75, 3.05) is 19.3 Å². The van der Waals surface area contributed by atoms with Crippen molar-refractivity contribution in [2.24, 2.45) is 17.8 Å². The molecule has 53 heavy (non-hydrogen) atoms. The van der Waals surface area contributed by atoms with Crippen LogP contribution in [0.15, 0.2) is 54.9 Å². The first-order chi connectivity index (χ1) is 24.8. The Hall–Kier alpha value is -3.84. The number of fused-ring (bicyclic) bond motifs is 1. The summed E-state index contributed by atoms with van der Waals surface area (Å²) in [6.45, 7) is 12.8. The summed E-state index contributed by atoms with van der Waals surface area (Å²) in [5.41, 5.74) is 0.542. The Morgan fingerprint density at radius 2 is 1.60 bits per heavy atom. The molecule has 1 aliphatic heterocycles. The maximum absolute atomic E-state index is 14.6. The van der Waals surface area contributed by atoms with Gasteiger partial charge in [0.15, 0.2) is 9.84 Å². The maximum atomic E-state index is 14.6. The minimum atomic E-state index is -3.93. The molecular formula is C40H59N5O7S. The normalized spacial score (nSPS) is 21.4. The van der Waals surface area contributed by atoms with Crippen LogP contribution in [0.1, 0.15) is 96.5 Å². The first-order valence-corrected chi connectivity index (χ1v) is 20.7. The van der Waals surface area contributed by atoms with Crippen molar-refractivity contribution < 1.29 is 32.3 Å². The molecule has 2 aromatic rings. The van der Waals surface area contributed by atoms with Crippen LogP contribution in [0.4, 0.5) is 0 Å². The molecule has 0 bridgehead atoms. The zero-order chi connectivity index (χ0) is 39.1. The second-order valence-corrected chi connectivity index (χ2v) is 19.3. The van der Waals surface area contributed by atoms with Crippen LogP contribution in [0.3, 0.4) is 0 Å². The van der Waals surface area contributed by atoms with Crippen LogP contribution in [-0.2, 0) is 35.4 Å².